The highest BCUT2D eigenvalue weighted by molar-refractivity contribution is 7.00. The maximum atomic E-state index is 7.05. The van der Waals surface area contributed by atoms with Crippen LogP contribution in [-0.4, -0.2) is 6.71 Å². The number of anilines is 9. The lowest BCUT2D eigenvalue weighted by atomic mass is 9.33. The summed E-state index contributed by atoms with van der Waals surface area (Å²) in [5.41, 5.74) is 18.5. The first-order valence-electron chi connectivity index (χ1n) is 20.0. The van der Waals surface area contributed by atoms with Crippen LogP contribution >= 0.6 is 0 Å². The Hall–Kier alpha value is -6.20. The molecular formula is C51H44BN3O. The molecule has 0 saturated carbocycles. The molecule has 7 aromatic carbocycles. The Kier molecular flexibility index (Phi) is 7.05. The Balaban J connectivity index is 1.26. The zero-order valence-corrected chi connectivity index (χ0v) is 32.7. The van der Waals surface area contributed by atoms with E-state index < -0.39 is 0 Å². The van der Waals surface area contributed by atoms with Gasteiger partial charge < -0.3 is 19.4 Å². The molecule has 272 valence electrons. The second kappa shape index (κ2) is 11.9. The summed E-state index contributed by atoms with van der Waals surface area (Å²) in [7, 11) is 0. The lowest BCUT2D eigenvalue weighted by molar-refractivity contribution is 0.332. The highest BCUT2D eigenvalue weighted by Gasteiger charge is 2.47. The molecule has 0 N–H and O–H groups in total. The minimum absolute atomic E-state index is 0.0236. The first-order chi connectivity index (χ1) is 27.2. The van der Waals surface area contributed by atoms with Crippen LogP contribution in [0.5, 0.6) is 11.5 Å². The van der Waals surface area contributed by atoms with Crippen molar-refractivity contribution in [1.29, 1.82) is 0 Å². The number of hydrogen-bond acceptors (Lipinski definition) is 4. The van der Waals surface area contributed by atoms with Gasteiger partial charge in [0.05, 0.1) is 11.4 Å². The average molecular weight is 726 g/mol. The largest absolute Gasteiger partial charge is 0.453 e. The Bertz CT molecular complexity index is 2720. The first kappa shape index (κ1) is 33.2. The summed E-state index contributed by atoms with van der Waals surface area (Å²) in [5.74, 6) is 1.62. The summed E-state index contributed by atoms with van der Waals surface area (Å²) >= 11 is 0. The van der Waals surface area contributed by atoms with Crippen molar-refractivity contribution in [2.24, 2.45) is 0 Å². The van der Waals surface area contributed by atoms with Crippen molar-refractivity contribution in [2.45, 2.75) is 58.3 Å². The molecule has 0 spiro atoms. The molecule has 0 unspecified atom stereocenters. The highest BCUT2D eigenvalue weighted by Crippen LogP contribution is 2.53. The summed E-state index contributed by atoms with van der Waals surface area (Å²) in [6.07, 6.45) is 2.34. The summed E-state index contributed by atoms with van der Waals surface area (Å²) in [6, 6.07) is 55.7. The maximum Gasteiger partial charge on any atom is 0.252 e. The Morgan fingerprint density at radius 1 is 0.446 bits per heavy atom. The number of para-hydroxylation sites is 6. The molecule has 0 fully saturated rings. The van der Waals surface area contributed by atoms with Crippen LogP contribution in [0.15, 0.2) is 152 Å². The first-order valence-corrected chi connectivity index (χ1v) is 20.0. The fourth-order valence-electron chi connectivity index (χ4n) is 10.0. The van der Waals surface area contributed by atoms with Crippen molar-refractivity contribution in [3.8, 4) is 11.5 Å². The Morgan fingerprint density at radius 3 is 1.61 bits per heavy atom. The van der Waals surface area contributed by atoms with Gasteiger partial charge in [-0.25, -0.2) is 0 Å². The fraction of sp³-hybridized carbons (Fsp3) is 0.176. The van der Waals surface area contributed by atoms with E-state index in [1.165, 1.54) is 74.4 Å². The predicted octanol–water partition coefficient (Wildman–Crippen LogP) is 12.0. The van der Waals surface area contributed by atoms with Gasteiger partial charge in [-0.3, -0.25) is 0 Å². The number of benzene rings is 7. The Labute approximate surface area is 330 Å². The summed E-state index contributed by atoms with van der Waals surface area (Å²) < 4.78 is 7.05. The predicted molar refractivity (Wildman–Crippen MR) is 235 cm³/mol. The molecule has 1 aliphatic carbocycles. The molecule has 0 radical (unpaired) electrons. The van der Waals surface area contributed by atoms with Crippen molar-refractivity contribution >= 4 is 74.3 Å². The van der Waals surface area contributed by atoms with Gasteiger partial charge in [0.25, 0.3) is 6.71 Å². The summed E-state index contributed by atoms with van der Waals surface area (Å²) in [4.78, 5) is 7.37. The second-order valence-electron chi connectivity index (χ2n) is 17.3. The number of fused-ring (bicyclic) bond motifs is 9. The third kappa shape index (κ3) is 4.79. The van der Waals surface area contributed by atoms with E-state index in [2.05, 4.69) is 201 Å². The molecular weight excluding hydrogens is 681 g/mol. The fourth-order valence-corrected chi connectivity index (χ4v) is 10.0. The topological polar surface area (TPSA) is 19.0 Å². The molecule has 4 nitrogen and oxygen atoms in total. The van der Waals surface area contributed by atoms with Gasteiger partial charge in [0, 0.05) is 39.8 Å². The molecule has 0 aromatic heterocycles. The molecule has 3 heterocycles. The molecule has 56 heavy (non-hydrogen) atoms. The number of hydrogen-bond donors (Lipinski definition) is 0. The van der Waals surface area contributed by atoms with Crippen LogP contribution in [-0.2, 0) is 10.8 Å². The van der Waals surface area contributed by atoms with Crippen LogP contribution in [0, 0.1) is 6.92 Å². The van der Waals surface area contributed by atoms with E-state index in [0.717, 1.165) is 34.2 Å². The number of rotatable bonds is 2. The van der Waals surface area contributed by atoms with Crippen LogP contribution in [0.4, 0.5) is 51.2 Å². The van der Waals surface area contributed by atoms with Gasteiger partial charge >= 0.3 is 0 Å². The van der Waals surface area contributed by atoms with Crippen molar-refractivity contribution in [3.05, 3.63) is 168 Å². The minimum Gasteiger partial charge on any atom is -0.453 e. The van der Waals surface area contributed by atoms with Crippen LogP contribution in [0.3, 0.4) is 0 Å². The monoisotopic (exact) mass is 725 g/mol. The number of ether oxygens (including phenoxy) is 1. The molecule has 4 aliphatic rings. The molecule has 11 rings (SSSR count). The maximum absolute atomic E-state index is 7.05. The van der Waals surface area contributed by atoms with Crippen molar-refractivity contribution in [3.63, 3.8) is 0 Å². The van der Waals surface area contributed by atoms with Crippen molar-refractivity contribution in [1.82, 2.24) is 0 Å². The lowest BCUT2D eigenvalue weighted by Crippen LogP contribution is -2.62. The minimum atomic E-state index is 0.0236. The molecule has 0 saturated heterocycles. The number of nitrogens with zero attached hydrogens (tertiary/aromatic N) is 3. The average Bonchev–Trinajstić information content (AvgIpc) is 3.21. The summed E-state index contributed by atoms with van der Waals surface area (Å²) in [6.45, 7) is 12.0. The van der Waals surface area contributed by atoms with E-state index in [4.69, 9.17) is 4.74 Å². The molecule has 0 atom stereocenters. The van der Waals surface area contributed by atoms with Crippen LogP contribution in [0.1, 0.15) is 57.2 Å². The third-order valence-corrected chi connectivity index (χ3v) is 12.9. The molecule has 0 amide bonds. The standard InChI is InChI=1S/C51H44BN3O/c1-33-28-45-49-46(29-33)55-42-21-13-15-23-48(42)56-47-22-14-12-20-41(47)53(34-16-8-6-9-17-34)36-24-25-39(43(55)30-36)52(49)40-31-37-38(51(4,5)27-26-50(37,2)3)32-44(40)54(45)35-18-10-7-11-19-35/h6-25,28-32H,26-27H2,1-5H3. The van der Waals surface area contributed by atoms with Gasteiger partial charge in [0.2, 0.25) is 0 Å². The van der Waals surface area contributed by atoms with Gasteiger partial charge in [-0.1, -0.05) is 100 Å². The van der Waals surface area contributed by atoms with E-state index in [0.29, 0.717) is 0 Å². The lowest BCUT2D eigenvalue weighted by Gasteiger charge is -2.47. The normalized spacial score (nSPS) is 16.4. The van der Waals surface area contributed by atoms with Gasteiger partial charge in [-0.2, -0.15) is 0 Å². The zero-order chi connectivity index (χ0) is 37.9. The van der Waals surface area contributed by atoms with E-state index in [-0.39, 0.29) is 17.5 Å². The highest BCUT2D eigenvalue weighted by atomic mass is 16.5. The number of aryl methyl sites for hydroxylation is 1. The van der Waals surface area contributed by atoms with Crippen molar-refractivity contribution < 1.29 is 4.74 Å². The van der Waals surface area contributed by atoms with E-state index in [1.54, 1.807) is 0 Å². The SMILES string of the molecule is Cc1cc2c3c(c1)N1c4ccccc4Oc4ccccc4N(c4ccccc4)c4ccc(c1c4)B3c1cc3c(cc1N2c1ccccc1)C(C)(C)CCC3(C)C. The van der Waals surface area contributed by atoms with Crippen LogP contribution in [0.2, 0.25) is 0 Å². The van der Waals surface area contributed by atoms with Gasteiger partial charge in [-0.05, 0) is 143 Å². The van der Waals surface area contributed by atoms with E-state index in [9.17, 15) is 0 Å². The quantitative estimate of drug-likeness (QED) is 0.165. The molecule has 7 aromatic rings. The molecule has 5 heteroatoms. The van der Waals surface area contributed by atoms with E-state index >= 15 is 0 Å². The van der Waals surface area contributed by atoms with Crippen LogP contribution < -0.4 is 35.8 Å². The van der Waals surface area contributed by atoms with Gasteiger partial charge in [-0.15, -0.1) is 0 Å². The Morgan fingerprint density at radius 2 is 0.964 bits per heavy atom. The smallest absolute Gasteiger partial charge is 0.252 e. The molecule has 3 aliphatic heterocycles. The zero-order valence-electron chi connectivity index (χ0n) is 32.7. The molecule has 2 bridgehead atoms. The van der Waals surface area contributed by atoms with E-state index in [1.807, 2.05) is 0 Å². The van der Waals surface area contributed by atoms with Crippen molar-refractivity contribution in [2.75, 3.05) is 14.7 Å². The van der Waals surface area contributed by atoms with Gasteiger partial charge in [0.15, 0.2) is 11.5 Å². The third-order valence-electron chi connectivity index (χ3n) is 12.9. The second-order valence-corrected chi connectivity index (χ2v) is 17.3. The van der Waals surface area contributed by atoms with Gasteiger partial charge in [0.1, 0.15) is 0 Å². The van der Waals surface area contributed by atoms with Crippen LogP contribution in [0.25, 0.3) is 0 Å². The summed E-state index contributed by atoms with van der Waals surface area (Å²) in [5, 5.41) is 0.